The van der Waals surface area contributed by atoms with Crippen LogP contribution < -0.4 is 5.32 Å². The van der Waals surface area contributed by atoms with Crippen molar-refractivity contribution >= 4 is 34.4 Å². The van der Waals surface area contributed by atoms with Crippen molar-refractivity contribution in [1.82, 2.24) is 5.32 Å². The molecule has 1 N–H and O–H groups in total. The zero-order chi connectivity index (χ0) is 30.0. The maximum Gasteiger partial charge on any atom is 0.328 e. The molecule has 0 radical (unpaired) electrons. The quantitative estimate of drug-likeness (QED) is 0.101. The fraction of sp³-hybridized carbons (Fsp3) is 0.286. The molecule has 0 bridgehead atoms. The molecule has 12 heteroatoms. The Labute approximate surface area is 232 Å². The molecule has 0 fully saturated rings. The number of amides is 1. The minimum absolute atomic E-state index is 0.0216. The van der Waals surface area contributed by atoms with E-state index >= 15 is 0 Å². The number of methoxy groups -OCH3 is 1. The van der Waals surface area contributed by atoms with Crippen LogP contribution in [0.5, 0.6) is 0 Å². The van der Waals surface area contributed by atoms with Gasteiger partial charge in [0.15, 0.2) is 21.3 Å². The second kappa shape index (κ2) is 14.2. The van der Waals surface area contributed by atoms with E-state index in [1.807, 2.05) is 0 Å². The molecule has 0 unspecified atom stereocenters. The van der Waals surface area contributed by atoms with E-state index in [0.717, 1.165) is 31.2 Å². The van der Waals surface area contributed by atoms with Gasteiger partial charge < -0.3 is 19.5 Å². The number of nitrogens with zero attached hydrogens (tertiary/aromatic N) is 1. The van der Waals surface area contributed by atoms with Crippen LogP contribution in [0.1, 0.15) is 38.5 Å². The lowest BCUT2D eigenvalue weighted by Gasteiger charge is -2.26. The first kappa shape index (κ1) is 31.9. The zero-order valence-electron chi connectivity index (χ0n) is 22.7. The number of aliphatic imine (C=N–C) groups is 1. The first-order chi connectivity index (χ1) is 18.9. The Balaban J connectivity index is 2.34. The highest BCUT2D eigenvalue weighted by Gasteiger charge is 2.37. The summed E-state index contributed by atoms with van der Waals surface area (Å²) in [5, 5.41) is 1.04. The molecule has 0 saturated carbocycles. The number of halogens is 1. The molecule has 2 aromatic carbocycles. The van der Waals surface area contributed by atoms with Crippen LogP contribution in [0.15, 0.2) is 87.8 Å². The molecule has 0 spiro atoms. The Bertz CT molecular complexity index is 1400. The highest BCUT2D eigenvalue weighted by atomic mass is 32.2. The molecule has 0 aliphatic rings. The fourth-order valence-corrected chi connectivity index (χ4v) is 5.62. The van der Waals surface area contributed by atoms with Crippen molar-refractivity contribution < 1.29 is 41.4 Å². The molecule has 2 aromatic rings. The SMILES string of the molecule is C=N/C(C(=O)N[C@@H](C)C(=O)O[C@@H](C)[C@@H](c1ccccc1)S(=O)(=O)c1ccc(F)cc1)=C(OC(C)=O)\C(=C/C)OC. The van der Waals surface area contributed by atoms with Gasteiger partial charge in [0, 0.05) is 6.92 Å². The van der Waals surface area contributed by atoms with Crippen LogP contribution in [0.2, 0.25) is 0 Å². The summed E-state index contributed by atoms with van der Waals surface area (Å²) in [6, 6.07) is 11.1. The van der Waals surface area contributed by atoms with E-state index in [1.54, 1.807) is 37.3 Å². The van der Waals surface area contributed by atoms with E-state index in [9.17, 15) is 27.2 Å². The predicted octanol–water partition coefficient (Wildman–Crippen LogP) is 3.80. The monoisotopic (exact) mass is 574 g/mol. The summed E-state index contributed by atoms with van der Waals surface area (Å²) < 4.78 is 56.3. The van der Waals surface area contributed by atoms with E-state index in [4.69, 9.17) is 14.2 Å². The van der Waals surface area contributed by atoms with Crippen molar-refractivity contribution in [3.63, 3.8) is 0 Å². The lowest BCUT2D eigenvalue weighted by atomic mass is 10.1. The summed E-state index contributed by atoms with van der Waals surface area (Å²) in [4.78, 5) is 41.0. The smallest absolute Gasteiger partial charge is 0.328 e. The maximum atomic E-state index is 13.6. The summed E-state index contributed by atoms with van der Waals surface area (Å²) in [6.45, 7) is 8.74. The molecule has 214 valence electrons. The molecule has 0 aromatic heterocycles. The molecule has 0 heterocycles. The minimum Gasteiger partial charge on any atom is -0.493 e. The van der Waals surface area contributed by atoms with Crippen molar-refractivity contribution in [3.8, 4) is 0 Å². The molecule has 0 aliphatic heterocycles. The van der Waals surface area contributed by atoms with Crippen molar-refractivity contribution in [3.05, 3.63) is 89.3 Å². The minimum atomic E-state index is -4.15. The highest BCUT2D eigenvalue weighted by Crippen LogP contribution is 2.33. The van der Waals surface area contributed by atoms with Gasteiger partial charge >= 0.3 is 11.9 Å². The van der Waals surface area contributed by atoms with Gasteiger partial charge in [-0.3, -0.25) is 14.6 Å². The maximum absolute atomic E-state index is 13.6. The second-order valence-corrected chi connectivity index (χ2v) is 10.5. The molecule has 0 aliphatic carbocycles. The van der Waals surface area contributed by atoms with E-state index < -0.39 is 56.6 Å². The fourth-order valence-electron chi connectivity index (χ4n) is 3.73. The molecule has 2 rings (SSSR count). The molecule has 10 nitrogen and oxygen atoms in total. The lowest BCUT2D eigenvalue weighted by molar-refractivity contribution is -0.151. The molecule has 40 heavy (non-hydrogen) atoms. The Hall–Kier alpha value is -4.32. The first-order valence-electron chi connectivity index (χ1n) is 12.0. The molecular formula is C28H31FN2O8S. The van der Waals surface area contributed by atoms with Gasteiger partial charge in [-0.15, -0.1) is 0 Å². The van der Waals surface area contributed by atoms with Crippen LogP contribution in [0.25, 0.3) is 0 Å². The third-order valence-corrected chi connectivity index (χ3v) is 7.83. The van der Waals surface area contributed by atoms with Crippen LogP contribution in [-0.2, 0) is 38.4 Å². The van der Waals surface area contributed by atoms with Crippen molar-refractivity contribution in [2.45, 2.75) is 50.0 Å². The number of hydrogen-bond donors (Lipinski definition) is 1. The van der Waals surface area contributed by atoms with Gasteiger partial charge in [-0.05, 0) is 63.4 Å². The van der Waals surface area contributed by atoms with Crippen LogP contribution >= 0.6 is 0 Å². The molecular weight excluding hydrogens is 543 g/mol. The highest BCUT2D eigenvalue weighted by molar-refractivity contribution is 7.91. The summed E-state index contributed by atoms with van der Waals surface area (Å²) in [5.74, 6) is -3.53. The lowest BCUT2D eigenvalue weighted by Crippen LogP contribution is -2.42. The summed E-state index contributed by atoms with van der Waals surface area (Å²) in [5.41, 5.74) is -0.0896. The number of allylic oxidation sites excluding steroid dienone is 1. The number of sulfone groups is 1. The molecule has 3 atom stereocenters. The van der Waals surface area contributed by atoms with Gasteiger partial charge in [0.25, 0.3) is 5.91 Å². The summed E-state index contributed by atoms with van der Waals surface area (Å²) in [6.07, 6.45) is 0.207. The van der Waals surface area contributed by atoms with Crippen molar-refractivity contribution in [2.24, 2.45) is 4.99 Å². The van der Waals surface area contributed by atoms with E-state index in [2.05, 4.69) is 17.0 Å². The van der Waals surface area contributed by atoms with Gasteiger partial charge in [-0.25, -0.2) is 17.6 Å². The average molecular weight is 575 g/mol. The van der Waals surface area contributed by atoms with Crippen molar-refractivity contribution in [2.75, 3.05) is 7.11 Å². The van der Waals surface area contributed by atoms with E-state index in [0.29, 0.717) is 5.56 Å². The number of hydrogen-bond acceptors (Lipinski definition) is 9. The number of nitrogens with one attached hydrogen (secondary N) is 1. The average Bonchev–Trinajstić information content (AvgIpc) is 2.90. The number of ether oxygens (including phenoxy) is 3. The van der Waals surface area contributed by atoms with Crippen molar-refractivity contribution in [1.29, 1.82) is 0 Å². The second-order valence-electron chi connectivity index (χ2n) is 8.45. The van der Waals surface area contributed by atoms with Crippen LogP contribution in [-0.4, -0.2) is 52.2 Å². The molecule has 0 saturated heterocycles. The molecule has 1 amide bonds. The number of esters is 2. The first-order valence-corrected chi connectivity index (χ1v) is 13.6. The van der Waals surface area contributed by atoms with Gasteiger partial charge in [-0.1, -0.05) is 30.3 Å². The Morgan fingerprint density at radius 1 is 1.05 bits per heavy atom. The summed E-state index contributed by atoms with van der Waals surface area (Å²) in [7, 11) is -2.86. The normalized spacial score (nSPS) is 14.6. The third-order valence-electron chi connectivity index (χ3n) is 5.57. The van der Waals surface area contributed by atoms with Crippen LogP contribution in [0, 0.1) is 5.82 Å². The van der Waals surface area contributed by atoms with Crippen LogP contribution in [0.4, 0.5) is 4.39 Å². The summed E-state index contributed by atoms with van der Waals surface area (Å²) >= 11 is 0. The Morgan fingerprint density at radius 3 is 2.15 bits per heavy atom. The van der Waals surface area contributed by atoms with Gasteiger partial charge in [0.1, 0.15) is 23.2 Å². The standard InChI is InChI=1S/C28H31FN2O8S/c1-7-23(37-6)25(39-19(4)32)24(30-5)27(33)31-17(2)28(34)38-18(3)26(20-11-9-8-10-12-20)40(35,36)22-15-13-21(29)14-16-22/h7-18,26H,5H2,1-4,6H3,(H,31,33)/b23-7+,25-24+/t17-,18-,26-/m0/s1. The number of benzene rings is 2. The number of rotatable bonds is 12. The number of carbonyl (C=O) groups is 3. The largest absolute Gasteiger partial charge is 0.493 e. The van der Waals surface area contributed by atoms with E-state index in [-0.39, 0.29) is 16.4 Å². The topological polar surface area (TPSA) is 137 Å². The Kier molecular flexibility index (Phi) is 11.3. The van der Waals surface area contributed by atoms with Gasteiger partial charge in [-0.2, -0.15) is 0 Å². The number of carbonyl (C=O) groups excluding carboxylic acids is 3. The third kappa shape index (κ3) is 7.85. The van der Waals surface area contributed by atoms with Crippen LogP contribution in [0.3, 0.4) is 0 Å². The Morgan fingerprint density at radius 2 is 1.65 bits per heavy atom. The van der Waals surface area contributed by atoms with E-state index in [1.165, 1.54) is 27.0 Å². The van der Waals surface area contributed by atoms with Gasteiger partial charge in [0.2, 0.25) is 5.76 Å². The predicted molar refractivity (Wildman–Crippen MR) is 145 cm³/mol. The zero-order valence-corrected chi connectivity index (χ0v) is 23.5. The van der Waals surface area contributed by atoms with Gasteiger partial charge in [0.05, 0.1) is 12.0 Å².